The Kier molecular flexibility index (Phi) is 4.14. The van der Waals surface area contributed by atoms with E-state index in [0.29, 0.717) is 16.4 Å². The lowest BCUT2D eigenvalue weighted by atomic mass is 10.1. The smallest absolute Gasteiger partial charge is 0.257 e. The van der Waals surface area contributed by atoms with Gasteiger partial charge in [-0.3, -0.25) is 4.79 Å². The highest BCUT2D eigenvalue weighted by molar-refractivity contribution is 6.29. The van der Waals surface area contributed by atoms with Crippen molar-refractivity contribution < 1.29 is 4.79 Å². The largest absolute Gasteiger partial charge is 0.322 e. The third-order valence-corrected chi connectivity index (χ3v) is 4.25. The molecule has 0 aliphatic rings. The van der Waals surface area contributed by atoms with Gasteiger partial charge in [-0.15, -0.1) is 0 Å². The summed E-state index contributed by atoms with van der Waals surface area (Å²) in [5.74, 6) is -0.231. The second-order valence-corrected chi connectivity index (χ2v) is 6.39. The lowest BCUT2D eigenvalue weighted by molar-refractivity contribution is 0.102. The quantitative estimate of drug-likeness (QED) is 0.541. The molecule has 6 heteroatoms. The normalized spacial score (nSPS) is 10.8. The monoisotopic (exact) mass is 362 g/mol. The second kappa shape index (κ2) is 6.61. The van der Waals surface area contributed by atoms with E-state index in [1.54, 1.807) is 12.1 Å². The Hall–Kier alpha value is -3.18. The van der Waals surface area contributed by atoms with Gasteiger partial charge in [0.2, 0.25) is 0 Å². The van der Waals surface area contributed by atoms with Gasteiger partial charge in [0.1, 0.15) is 10.8 Å². The number of aryl methyl sites for hydroxylation is 1. The molecule has 1 N–H and O–H groups in total. The first-order valence-corrected chi connectivity index (χ1v) is 8.45. The molecule has 0 unspecified atom stereocenters. The Morgan fingerprint density at radius 1 is 1.04 bits per heavy atom. The van der Waals surface area contributed by atoms with E-state index in [4.69, 9.17) is 11.6 Å². The fourth-order valence-corrected chi connectivity index (χ4v) is 2.79. The number of rotatable bonds is 3. The molecule has 1 amide bonds. The zero-order valence-electron chi connectivity index (χ0n) is 14.0. The van der Waals surface area contributed by atoms with Crippen LogP contribution >= 0.6 is 11.6 Å². The lowest BCUT2D eigenvalue weighted by Gasteiger charge is -2.06. The van der Waals surface area contributed by atoms with Gasteiger partial charge in [0.25, 0.3) is 5.91 Å². The maximum absolute atomic E-state index is 12.2. The third kappa shape index (κ3) is 3.30. The van der Waals surface area contributed by atoms with Crippen LogP contribution in [0.25, 0.3) is 16.9 Å². The minimum Gasteiger partial charge on any atom is -0.322 e. The topological polar surface area (TPSA) is 59.3 Å². The van der Waals surface area contributed by atoms with Gasteiger partial charge in [0, 0.05) is 29.8 Å². The van der Waals surface area contributed by atoms with Crippen LogP contribution < -0.4 is 5.32 Å². The van der Waals surface area contributed by atoms with Crippen LogP contribution in [-0.4, -0.2) is 20.3 Å². The summed E-state index contributed by atoms with van der Waals surface area (Å²) >= 11 is 5.74. The zero-order valence-corrected chi connectivity index (χ0v) is 14.7. The molecule has 4 aromatic rings. The van der Waals surface area contributed by atoms with Crippen molar-refractivity contribution in [2.24, 2.45) is 0 Å². The van der Waals surface area contributed by atoms with Crippen molar-refractivity contribution in [1.82, 2.24) is 14.4 Å². The fraction of sp³-hybridized carbons (Fsp3) is 0.0500. The van der Waals surface area contributed by atoms with Gasteiger partial charge < -0.3 is 9.72 Å². The van der Waals surface area contributed by atoms with Crippen LogP contribution in [0.2, 0.25) is 5.15 Å². The Balaban J connectivity index is 1.54. The Morgan fingerprint density at radius 2 is 1.85 bits per heavy atom. The second-order valence-electron chi connectivity index (χ2n) is 6.00. The number of carbonyl (C=O) groups is 1. The number of nitrogens with zero attached hydrogens (tertiary/aromatic N) is 3. The molecule has 1 aromatic carbocycles. The predicted octanol–water partition coefficient (Wildman–Crippen LogP) is 4.61. The van der Waals surface area contributed by atoms with Gasteiger partial charge in [-0.25, -0.2) is 9.97 Å². The molecule has 0 saturated carbocycles. The van der Waals surface area contributed by atoms with E-state index in [-0.39, 0.29) is 5.91 Å². The van der Waals surface area contributed by atoms with E-state index in [0.717, 1.165) is 16.9 Å². The summed E-state index contributed by atoms with van der Waals surface area (Å²) in [4.78, 5) is 20.8. The fourth-order valence-electron chi connectivity index (χ4n) is 2.68. The molecular formula is C20H15ClN4O. The van der Waals surface area contributed by atoms with Crippen molar-refractivity contribution in [2.45, 2.75) is 6.92 Å². The van der Waals surface area contributed by atoms with Gasteiger partial charge in [-0.1, -0.05) is 29.8 Å². The first-order valence-electron chi connectivity index (χ1n) is 8.07. The number of anilines is 1. The van der Waals surface area contributed by atoms with Crippen molar-refractivity contribution in [3.8, 4) is 11.3 Å². The van der Waals surface area contributed by atoms with Crippen LogP contribution in [0.1, 0.15) is 15.9 Å². The molecule has 0 aliphatic heterocycles. The van der Waals surface area contributed by atoms with Crippen molar-refractivity contribution in [3.63, 3.8) is 0 Å². The lowest BCUT2D eigenvalue weighted by Crippen LogP contribution is -2.11. The molecule has 0 atom stereocenters. The summed E-state index contributed by atoms with van der Waals surface area (Å²) in [6.45, 7) is 2.05. The van der Waals surface area contributed by atoms with E-state index >= 15 is 0 Å². The molecule has 26 heavy (non-hydrogen) atoms. The molecule has 0 fully saturated rings. The third-order valence-electron chi connectivity index (χ3n) is 4.03. The summed E-state index contributed by atoms with van der Waals surface area (Å²) in [7, 11) is 0. The predicted molar refractivity (Wildman–Crippen MR) is 103 cm³/mol. The van der Waals surface area contributed by atoms with Crippen LogP contribution in [0.5, 0.6) is 0 Å². The van der Waals surface area contributed by atoms with Crippen molar-refractivity contribution in [1.29, 1.82) is 0 Å². The van der Waals surface area contributed by atoms with E-state index in [2.05, 4.69) is 15.3 Å². The van der Waals surface area contributed by atoms with Crippen LogP contribution in [-0.2, 0) is 0 Å². The highest BCUT2D eigenvalue weighted by atomic mass is 35.5. The Labute approximate surface area is 155 Å². The summed E-state index contributed by atoms with van der Waals surface area (Å²) in [6, 6.07) is 14.8. The minimum atomic E-state index is -0.231. The number of halogens is 1. The molecular weight excluding hydrogens is 348 g/mol. The van der Waals surface area contributed by atoms with E-state index in [9.17, 15) is 4.79 Å². The molecule has 3 heterocycles. The number of aromatic nitrogens is 3. The zero-order chi connectivity index (χ0) is 18.1. The molecule has 0 aliphatic carbocycles. The highest BCUT2D eigenvalue weighted by Gasteiger charge is 2.08. The molecule has 0 saturated heterocycles. The molecule has 5 nitrogen and oxygen atoms in total. The van der Waals surface area contributed by atoms with Crippen LogP contribution in [0, 0.1) is 6.92 Å². The van der Waals surface area contributed by atoms with E-state index in [1.165, 1.54) is 11.8 Å². The van der Waals surface area contributed by atoms with Crippen LogP contribution in [0.15, 0.2) is 67.1 Å². The molecule has 0 bridgehead atoms. The maximum Gasteiger partial charge on any atom is 0.257 e. The molecule has 0 spiro atoms. The first-order chi connectivity index (χ1) is 12.6. The average Bonchev–Trinajstić information content (AvgIpc) is 3.06. The van der Waals surface area contributed by atoms with Crippen molar-refractivity contribution >= 4 is 28.8 Å². The number of fused-ring (bicyclic) bond motifs is 1. The molecule has 0 radical (unpaired) electrons. The van der Waals surface area contributed by atoms with Gasteiger partial charge in [0.15, 0.2) is 0 Å². The summed E-state index contributed by atoms with van der Waals surface area (Å²) in [6.07, 6.45) is 5.49. The van der Waals surface area contributed by atoms with Gasteiger partial charge in [-0.2, -0.15) is 0 Å². The highest BCUT2D eigenvalue weighted by Crippen LogP contribution is 2.22. The average molecular weight is 363 g/mol. The van der Waals surface area contributed by atoms with Crippen LogP contribution in [0.4, 0.5) is 5.69 Å². The number of hydrogen-bond acceptors (Lipinski definition) is 3. The van der Waals surface area contributed by atoms with Crippen LogP contribution in [0.3, 0.4) is 0 Å². The summed E-state index contributed by atoms with van der Waals surface area (Å²) < 4.78 is 2.01. The summed E-state index contributed by atoms with van der Waals surface area (Å²) in [5.41, 5.74) is 5.10. The maximum atomic E-state index is 12.2. The van der Waals surface area contributed by atoms with Gasteiger partial charge in [-0.05, 0) is 42.8 Å². The number of nitrogens with one attached hydrogen (secondary N) is 1. The minimum absolute atomic E-state index is 0.231. The number of imidazole rings is 1. The molecule has 128 valence electrons. The number of pyridine rings is 2. The van der Waals surface area contributed by atoms with E-state index in [1.807, 2.05) is 60.1 Å². The van der Waals surface area contributed by atoms with Gasteiger partial charge in [0.05, 0.1) is 11.3 Å². The molecule has 4 rings (SSSR count). The van der Waals surface area contributed by atoms with E-state index < -0.39 is 0 Å². The molecule has 3 aromatic heterocycles. The number of amides is 1. The Bertz CT molecular complexity index is 1090. The number of hydrogen-bond donors (Lipinski definition) is 1. The Morgan fingerprint density at radius 3 is 2.58 bits per heavy atom. The SMILES string of the molecule is Cc1ccc2nc(-c3ccc(NC(=O)c4ccc(Cl)nc4)cc3)cn2c1. The van der Waals surface area contributed by atoms with Crippen molar-refractivity contribution in [2.75, 3.05) is 5.32 Å². The van der Waals surface area contributed by atoms with Crippen molar-refractivity contribution in [3.05, 3.63) is 83.4 Å². The standard InChI is InChI=1S/C20H15ClN4O/c1-13-2-9-19-24-17(12-25(19)11-13)14-3-6-16(7-4-14)23-20(26)15-5-8-18(21)22-10-15/h2-12H,1H3,(H,23,26). The number of carbonyl (C=O) groups excluding carboxylic acids is 1. The number of benzene rings is 1. The summed E-state index contributed by atoms with van der Waals surface area (Å²) in [5, 5.41) is 3.20. The van der Waals surface area contributed by atoms with Gasteiger partial charge >= 0.3 is 0 Å². The first kappa shape index (κ1) is 16.3.